The van der Waals surface area contributed by atoms with Crippen LogP contribution in [0.1, 0.15) is 39.3 Å². The third-order valence-corrected chi connectivity index (χ3v) is 4.78. The molecule has 8 heteroatoms. The standard InChI is InChI=1S/C21H21N3O4S/c25-19(4-1-10-22-20(26)16-9-12-29-14-16)23-13-15-5-7-17(8-6-15)24-21(27)18-3-2-11-28-18/h2-3,5-9,11-12,14H,1,4,10,13H2,(H,22,26)(H,23,25)(H,24,27). The highest BCUT2D eigenvalue weighted by atomic mass is 32.1. The second-order valence-corrected chi connectivity index (χ2v) is 7.06. The predicted molar refractivity (Wildman–Crippen MR) is 111 cm³/mol. The van der Waals surface area contributed by atoms with Crippen molar-refractivity contribution in [3.63, 3.8) is 0 Å². The molecule has 3 amide bonds. The van der Waals surface area contributed by atoms with Crippen LogP contribution in [0.5, 0.6) is 0 Å². The van der Waals surface area contributed by atoms with E-state index in [0.29, 0.717) is 37.2 Å². The first-order valence-corrected chi connectivity index (χ1v) is 10.1. The molecule has 1 aromatic carbocycles. The molecule has 3 N–H and O–H groups in total. The number of nitrogens with one attached hydrogen (secondary N) is 3. The van der Waals surface area contributed by atoms with Crippen molar-refractivity contribution in [3.8, 4) is 0 Å². The van der Waals surface area contributed by atoms with Crippen molar-refractivity contribution >= 4 is 34.7 Å². The fourth-order valence-corrected chi connectivity index (χ4v) is 3.18. The van der Waals surface area contributed by atoms with Gasteiger partial charge in [0.15, 0.2) is 5.76 Å². The van der Waals surface area contributed by atoms with Gasteiger partial charge in [-0.1, -0.05) is 12.1 Å². The van der Waals surface area contributed by atoms with Crippen LogP contribution in [0, 0.1) is 0 Å². The molecule has 2 heterocycles. The van der Waals surface area contributed by atoms with Crippen LogP contribution in [0.4, 0.5) is 5.69 Å². The van der Waals surface area contributed by atoms with E-state index in [4.69, 9.17) is 4.42 Å². The SMILES string of the molecule is O=C(CCCNC(=O)c1ccsc1)NCc1ccc(NC(=O)c2ccco2)cc1. The average Bonchev–Trinajstić information content (AvgIpc) is 3.45. The predicted octanol–water partition coefficient (Wildman–Crippen LogP) is 3.42. The van der Waals surface area contributed by atoms with Gasteiger partial charge in [0.05, 0.1) is 6.26 Å². The summed E-state index contributed by atoms with van der Waals surface area (Å²) in [5.41, 5.74) is 2.20. The average molecular weight is 411 g/mol. The van der Waals surface area contributed by atoms with Crippen molar-refractivity contribution in [1.82, 2.24) is 10.6 Å². The number of amides is 3. The monoisotopic (exact) mass is 411 g/mol. The molecule has 0 bridgehead atoms. The van der Waals surface area contributed by atoms with Gasteiger partial charge in [-0.05, 0) is 47.7 Å². The molecule has 0 atom stereocenters. The van der Waals surface area contributed by atoms with Crippen molar-refractivity contribution in [2.45, 2.75) is 19.4 Å². The van der Waals surface area contributed by atoms with Gasteiger partial charge in [0, 0.05) is 36.1 Å². The van der Waals surface area contributed by atoms with E-state index >= 15 is 0 Å². The summed E-state index contributed by atoms with van der Waals surface area (Å²) in [6.07, 6.45) is 2.35. The molecule has 0 fully saturated rings. The highest BCUT2D eigenvalue weighted by Gasteiger charge is 2.09. The largest absolute Gasteiger partial charge is 0.459 e. The summed E-state index contributed by atoms with van der Waals surface area (Å²) >= 11 is 1.47. The maximum absolute atomic E-state index is 11.9. The molecule has 150 valence electrons. The Kier molecular flexibility index (Phi) is 7.18. The van der Waals surface area contributed by atoms with Gasteiger partial charge >= 0.3 is 0 Å². The van der Waals surface area contributed by atoms with Gasteiger partial charge in [-0.25, -0.2) is 0 Å². The van der Waals surface area contributed by atoms with Crippen LogP contribution in [0.15, 0.2) is 63.9 Å². The number of hydrogen-bond donors (Lipinski definition) is 3. The molecule has 3 rings (SSSR count). The number of rotatable bonds is 9. The molecule has 0 aliphatic heterocycles. The van der Waals surface area contributed by atoms with E-state index in [0.717, 1.165) is 5.56 Å². The van der Waals surface area contributed by atoms with Crippen LogP contribution in [-0.2, 0) is 11.3 Å². The Morgan fingerprint density at radius 1 is 0.966 bits per heavy atom. The number of furan rings is 1. The normalized spacial score (nSPS) is 10.3. The summed E-state index contributed by atoms with van der Waals surface area (Å²) in [6, 6.07) is 12.2. The van der Waals surface area contributed by atoms with Crippen LogP contribution in [0.2, 0.25) is 0 Å². The number of carbonyl (C=O) groups excluding carboxylic acids is 3. The third kappa shape index (κ3) is 6.32. The van der Waals surface area contributed by atoms with E-state index in [1.165, 1.54) is 17.6 Å². The van der Waals surface area contributed by atoms with Crippen LogP contribution in [0.3, 0.4) is 0 Å². The lowest BCUT2D eigenvalue weighted by molar-refractivity contribution is -0.121. The quantitative estimate of drug-likeness (QED) is 0.470. The molecule has 0 saturated heterocycles. The molecule has 0 aliphatic carbocycles. The highest BCUT2D eigenvalue weighted by Crippen LogP contribution is 2.12. The topological polar surface area (TPSA) is 100 Å². The summed E-state index contributed by atoms with van der Waals surface area (Å²) in [5.74, 6) is -0.272. The van der Waals surface area contributed by atoms with E-state index in [1.807, 2.05) is 17.5 Å². The van der Waals surface area contributed by atoms with Crippen LogP contribution >= 0.6 is 11.3 Å². The first-order valence-electron chi connectivity index (χ1n) is 9.13. The number of thiophene rings is 1. The number of anilines is 1. The number of carbonyl (C=O) groups is 3. The number of benzene rings is 1. The van der Waals surface area contributed by atoms with Gasteiger partial charge in [0.1, 0.15) is 0 Å². The molecular formula is C21H21N3O4S. The Labute approximate surface area is 172 Å². The molecular weight excluding hydrogens is 390 g/mol. The van der Waals surface area contributed by atoms with Crippen molar-refractivity contribution in [2.24, 2.45) is 0 Å². The lowest BCUT2D eigenvalue weighted by atomic mass is 10.2. The summed E-state index contributed by atoms with van der Waals surface area (Å²) in [6.45, 7) is 0.846. The maximum atomic E-state index is 11.9. The minimum absolute atomic E-state index is 0.0787. The Hall–Kier alpha value is -3.39. The van der Waals surface area contributed by atoms with Gasteiger partial charge in [-0.15, -0.1) is 0 Å². The zero-order valence-corrected chi connectivity index (χ0v) is 16.5. The molecule has 0 radical (unpaired) electrons. The van der Waals surface area contributed by atoms with E-state index in [9.17, 15) is 14.4 Å². The van der Waals surface area contributed by atoms with Crippen molar-refractivity contribution < 1.29 is 18.8 Å². The molecule has 7 nitrogen and oxygen atoms in total. The first kappa shape index (κ1) is 20.3. The van der Waals surface area contributed by atoms with E-state index in [-0.39, 0.29) is 23.5 Å². The minimum atomic E-state index is -0.317. The van der Waals surface area contributed by atoms with Crippen LogP contribution < -0.4 is 16.0 Å². The molecule has 0 spiro atoms. The second-order valence-electron chi connectivity index (χ2n) is 6.28. The summed E-state index contributed by atoms with van der Waals surface area (Å²) in [4.78, 5) is 35.7. The van der Waals surface area contributed by atoms with Crippen molar-refractivity contribution in [1.29, 1.82) is 0 Å². The maximum Gasteiger partial charge on any atom is 0.291 e. The van der Waals surface area contributed by atoms with Gasteiger partial charge in [-0.3, -0.25) is 14.4 Å². The fourth-order valence-electron chi connectivity index (χ4n) is 2.54. The van der Waals surface area contributed by atoms with Gasteiger partial charge in [-0.2, -0.15) is 11.3 Å². The Morgan fingerprint density at radius 2 is 1.79 bits per heavy atom. The Bertz CT molecular complexity index is 935. The Morgan fingerprint density at radius 3 is 2.48 bits per heavy atom. The summed E-state index contributed by atoms with van der Waals surface area (Å²) in [7, 11) is 0. The number of hydrogen-bond acceptors (Lipinski definition) is 5. The minimum Gasteiger partial charge on any atom is -0.459 e. The van der Waals surface area contributed by atoms with Gasteiger partial charge in [0.2, 0.25) is 5.91 Å². The third-order valence-electron chi connectivity index (χ3n) is 4.10. The van der Waals surface area contributed by atoms with E-state index in [2.05, 4.69) is 16.0 Å². The molecule has 29 heavy (non-hydrogen) atoms. The lowest BCUT2D eigenvalue weighted by Gasteiger charge is -2.08. The first-order chi connectivity index (χ1) is 14.1. The molecule has 0 aliphatic rings. The Balaban J connectivity index is 1.33. The molecule has 3 aromatic rings. The highest BCUT2D eigenvalue weighted by molar-refractivity contribution is 7.08. The summed E-state index contributed by atoms with van der Waals surface area (Å²) in [5, 5.41) is 12.0. The van der Waals surface area contributed by atoms with Crippen molar-refractivity contribution in [3.05, 3.63) is 76.4 Å². The molecule has 2 aromatic heterocycles. The van der Waals surface area contributed by atoms with Gasteiger partial charge in [0.25, 0.3) is 11.8 Å². The van der Waals surface area contributed by atoms with Crippen LogP contribution in [0.25, 0.3) is 0 Å². The molecule has 0 saturated carbocycles. The smallest absolute Gasteiger partial charge is 0.291 e. The summed E-state index contributed by atoms with van der Waals surface area (Å²) < 4.78 is 5.05. The van der Waals surface area contributed by atoms with Crippen LogP contribution in [-0.4, -0.2) is 24.3 Å². The zero-order valence-electron chi connectivity index (χ0n) is 15.6. The van der Waals surface area contributed by atoms with E-state index < -0.39 is 0 Å². The van der Waals surface area contributed by atoms with Crippen molar-refractivity contribution in [2.75, 3.05) is 11.9 Å². The molecule has 0 unspecified atom stereocenters. The van der Waals surface area contributed by atoms with Gasteiger partial charge < -0.3 is 20.4 Å². The van der Waals surface area contributed by atoms with E-state index in [1.54, 1.807) is 35.7 Å². The fraction of sp³-hybridized carbons (Fsp3) is 0.190. The second kappa shape index (κ2) is 10.2. The lowest BCUT2D eigenvalue weighted by Crippen LogP contribution is -2.27. The zero-order chi connectivity index (χ0) is 20.5.